The number of benzene rings is 1. The van der Waals surface area contributed by atoms with Crippen molar-refractivity contribution in [2.45, 2.75) is 13.3 Å². The minimum Gasteiger partial charge on any atom is -0.383 e. The lowest BCUT2D eigenvalue weighted by Gasteiger charge is -2.09. The first-order chi connectivity index (χ1) is 10.0. The number of amides is 2. The van der Waals surface area contributed by atoms with Gasteiger partial charge in [0.25, 0.3) is 0 Å². The monoisotopic (exact) mass is 354 g/mol. The summed E-state index contributed by atoms with van der Waals surface area (Å²) in [6.07, 6.45) is 0.611. The average Bonchev–Trinajstić information content (AvgIpc) is 3.22. The van der Waals surface area contributed by atoms with Crippen LogP contribution in [0.4, 0.5) is 5.69 Å². The lowest BCUT2D eigenvalue weighted by atomic mass is 10.2. The number of halogens is 1. The van der Waals surface area contributed by atoms with Gasteiger partial charge in [0.05, 0.1) is 18.4 Å². The molecule has 0 heterocycles. The first kappa shape index (κ1) is 16.0. The van der Waals surface area contributed by atoms with Gasteiger partial charge in [-0.3, -0.25) is 9.59 Å². The predicted octanol–water partition coefficient (Wildman–Crippen LogP) is 2.09. The van der Waals surface area contributed by atoms with Crippen molar-refractivity contribution < 1.29 is 14.3 Å². The van der Waals surface area contributed by atoms with Crippen LogP contribution in [0.25, 0.3) is 0 Å². The van der Waals surface area contributed by atoms with E-state index >= 15 is 0 Å². The molecule has 2 N–H and O–H groups in total. The van der Waals surface area contributed by atoms with Gasteiger partial charge >= 0.3 is 0 Å². The molecule has 1 saturated carbocycles. The molecule has 0 aromatic heterocycles. The van der Waals surface area contributed by atoms with Gasteiger partial charge in [-0.15, -0.1) is 0 Å². The van der Waals surface area contributed by atoms with E-state index in [0.29, 0.717) is 19.6 Å². The van der Waals surface area contributed by atoms with Crippen LogP contribution < -0.4 is 10.6 Å². The Morgan fingerprint density at radius 3 is 2.71 bits per heavy atom. The molecule has 2 unspecified atom stereocenters. The van der Waals surface area contributed by atoms with Crippen molar-refractivity contribution in [3.8, 4) is 0 Å². The number of aryl methyl sites for hydroxylation is 1. The molecule has 1 aromatic rings. The van der Waals surface area contributed by atoms with E-state index < -0.39 is 0 Å². The highest BCUT2D eigenvalue weighted by Crippen LogP contribution is 2.39. The van der Waals surface area contributed by atoms with Crippen molar-refractivity contribution in [3.05, 3.63) is 28.2 Å². The first-order valence-corrected chi connectivity index (χ1v) is 7.66. The molecule has 2 rings (SSSR count). The molecule has 2 atom stereocenters. The quantitative estimate of drug-likeness (QED) is 0.768. The Hall–Kier alpha value is -1.40. The summed E-state index contributed by atoms with van der Waals surface area (Å²) in [7, 11) is 1.58. The molecule has 1 fully saturated rings. The van der Waals surface area contributed by atoms with Crippen molar-refractivity contribution >= 4 is 33.4 Å². The standard InChI is InChI=1S/C15H19BrN2O3/c1-9-7-10(16)3-4-13(9)18-15(20)12-8-11(12)14(19)17-5-6-21-2/h3-4,7,11-12H,5-6,8H2,1-2H3,(H,17,19)(H,18,20). The van der Waals surface area contributed by atoms with E-state index in [4.69, 9.17) is 4.74 Å². The molecular formula is C15H19BrN2O3. The smallest absolute Gasteiger partial charge is 0.228 e. The summed E-state index contributed by atoms with van der Waals surface area (Å²) in [5.74, 6) is -0.597. The molecule has 0 radical (unpaired) electrons. The number of ether oxygens (including phenoxy) is 1. The second kappa shape index (κ2) is 7.04. The molecule has 1 aliphatic rings. The van der Waals surface area contributed by atoms with Crippen LogP contribution in [0.2, 0.25) is 0 Å². The van der Waals surface area contributed by atoms with Crippen molar-refractivity contribution in [1.29, 1.82) is 0 Å². The van der Waals surface area contributed by atoms with E-state index in [1.807, 2.05) is 25.1 Å². The van der Waals surface area contributed by atoms with E-state index in [2.05, 4.69) is 26.6 Å². The summed E-state index contributed by atoms with van der Waals surface area (Å²) in [5, 5.41) is 5.65. The van der Waals surface area contributed by atoms with Crippen LogP contribution in [-0.2, 0) is 14.3 Å². The minimum absolute atomic E-state index is 0.0697. The van der Waals surface area contributed by atoms with Gasteiger partial charge in [-0.25, -0.2) is 0 Å². The first-order valence-electron chi connectivity index (χ1n) is 6.86. The third-order valence-corrected chi connectivity index (χ3v) is 4.01. The molecule has 0 saturated heterocycles. The maximum absolute atomic E-state index is 12.1. The van der Waals surface area contributed by atoms with Gasteiger partial charge in [-0.2, -0.15) is 0 Å². The molecule has 5 nitrogen and oxygen atoms in total. The van der Waals surface area contributed by atoms with E-state index in [1.165, 1.54) is 0 Å². The highest BCUT2D eigenvalue weighted by molar-refractivity contribution is 9.10. The predicted molar refractivity (Wildman–Crippen MR) is 84.0 cm³/mol. The van der Waals surface area contributed by atoms with E-state index in [-0.39, 0.29) is 23.7 Å². The van der Waals surface area contributed by atoms with E-state index in [9.17, 15) is 9.59 Å². The number of anilines is 1. The Kier molecular flexibility index (Phi) is 5.36. The summed E-state index contributed by atoms with van der Waals surface area (Å²) in [6, 6.07) is 5.68. The summed E-state index contributed by atoms with van der Waals surface area (Å²) >= 11 is 3.39. The molecule has 0 aliphatic heterocycles. The van der Waals surface area contributed by atoms with Gasteiger partial charge in [0, 0.05) is 23.8 Å². The maximum Gasteiger partial charge on any atom is 0.228 e. The highest BCUT2D eigenvalue weighted by Gasteiger charge is 2.47. The SMILES string of the molecule is COCCNC(=O)C1CC1C(=O)Nc1ccc(Br)cc1C. The topological polar surface area (TPSA) is 67.4 Å². The molecule has 2 amide bonds. The fraction of sp³-hybridized carbons (Fsp3) is 0.467. The molecule has 6 heteroatoms. The zero-order chi connectivity index (χ0) is 15.4. The van der Waals surface area contributed by atoms with Gasteiger partial charge < -0.3 is 15.4 Å². The largest absolute Gasteiger partial charge is 0.383 e. The van der Waals surface area contributed by atoms with Crippen LogP contribution in [0.1, 0.15) is 12.0 Å². The van der Waals surface area contributed by atoms with Crippen LogP contribution in [0.15, 0.2) is 22.7 Å². The molecule has 1 aliphatic carbocycles. The zero-order valence-electron chi connectivity index (χ0n) is 12.1. The average molecular weight is 355 g/mol. The van der Waals surface area contributed by atoms with Gasteiger partial charge in [0.1, 0.15) is 0 Å². The normalized spacial score (nSPS) is 20.0. The Labute approximate surface area is 132 Å². The van der Waals surface area contributed by atoms with Crippen LogP contribution in [0.3, 0.4) is 0 Å². The fourth-order valence-electron chi connectivity index (χ4n) is 2.17. The Balaban J connectivity index is 1.84. The number of hydrogen-bond acceptors (Lipinski definition) is 3. The van der Waals surface area contributed by atoms with Crippen LogP contribution in [-0.4, -0.2) is 32.1 Å². The molecule has 0 bridgehead atoms. The number of hydrogen-bond donors (Lipinski definition) is 2. The lowest BCUT2D eigenvalue weighted by molar-refractivity contribution is -0.125. The van der Waals surface area contributed by atoms with Gasteiger partial charge in [-0.05, 0) is 37.1 Å². The van der Waals surface area contributed by atoms with Crippen molar-refractivity contribution in [1.82, 2.24) is 5.32 Å². The minimum atomic E-state index is -0.226. The number of methoxy groups -OCH3 is 1. The second-order valence-corrected chi connectivity index (χ2v) is 6.10. The van der Waals surface area contributed by atoms with Crippen molar-refractivity contribution in [2.24, 2.45) is 11.8 Å². The van der Waals surface area contributed by atoms with Gasteiger partial charge in [0.15, 0.2) is 0 Å². The molecule has 21 heavy (non-hydrogen) atoms. The van der Waals surface area contributed by atoms with Gasteiger partial charge in [-0.1, -0.05) is 15.9 Å². The Morgan fingerprint density at radius 2 is 2.05 bits per heavy atom. The maximum atomic E-state index is 12.1. The second-order valence-electron chi connectivity index (χ2n) is 5.18. The summed E-state index contributed by atoms with van der Waals surface area (Å²) < 4.78 is 5.84. The van der Waals surface area contributed by atoms with E-state index in [1.54, 1.807) is 7.11 Å². The van der Waals surface area contributed by atoms with Crippen LogP contribution in [0.5, 0.6) is 0 Å². The van der Waals surface area contributed by atoms with Gasteiger partial charge in [0.2, 0.25) is 11.8 Å². The summed E-state index contributed by atoms with van der Waals surface area (Å²) in [4.78, 5) is 23.9. The number of carbonyl (C=O) groups is 2. The summed E-state index contributed by atoms with van der Waals surface area (Å²) in [5.41, 5.74) is 1.77. The third-order valence-electron chi connectivity index (χ3n) is 3.52. The number of carbonyl (C=O) groups excluding carboxylic acids is 2. The lowest BCUT2D eigenvalue weighted by Crippen LogP contribution is -2.30. The highest BCUT2D eigenvalue weighted by atomic mass is 79.9. The number of rotatable bonds is 6. The van der Waals surface area contributed by atoms with Crippen LogP contribution >= 0.6 is 15.9 Å². The zero-order valence-corrected chi connectivity index (χ0v) is 13.7. The summed E-state index contributed by atoms with van der Waals surface area (Å²) in [6.45, 7) is 2.89. The molecule has 114 valence electrons. The van der Waals surface area contributed by atoms with Crippen molar-refractivity contribution in [2.75, 3.05) is 25.6 Å². The Morgan fingerprint density at radius 1 is 1.33 bits per heavy atom. The number of nitrogens with one attached hydrogen (secondary N) is 2. The Bertz CT molecular complexity index is 548. The third kappa shape index (κ3) is 4.28. The van der Waals surface area contributed by atoms with E-state index in [0.717, 1.165) is 15.7 Å². The fourth-order valence-corrected chi connectivity index (χ4v) is 2.65. The van der Waals surface area contributed by atoms with Crippen LogP contribution in [0, 0.1) is 18.8 Å². The molecule has 0 spiro atoms. The van der Waals surface area contributed by atoms with Crippen molar-refractivity contribution in [3.63, 3.8) is 0 Å². The molecule has 1 aromatic carbocycles. The molecular weight excluding hydrogens is 336 g/mol.